The first-order valence-electron chi connectivity index (χ1n) is 3.72. The van der Waals surface area contributed by atoms with Gasteiger partial charge in [0.1, 0.15) is 0 Å². The van der Waals surface area contributed by atoms with Gasteiger partial charge in [0.2, 0.25) is 0 Å². The fourth-order valence-corrected chi connectivity index (χ4v) is 1.31. The molecule has 3 heteroatoms. The van der Waals surface area contributed by atoms with E-state index in [-0.39, 0.29) is 5.04 Å². The number of hydrogen-bond acceptors (Lipinski definition) is 2. The van der Waals surface area contributed by atoms with Gasteiger partial charge < -0.3 is 4.43 Å². The van der Waals surface area contributed by atoms with E-state index >= 15 is 0 Å². The monoisotopic (exact) mass is 173 g/mol. The van der Waals surface area contributed by atoms with Crippen molar-refractivity contribution in [3.8, 4) is 0 Å². The van der Waals surface area contributed by atoms with Gasteiger partial charge in [0.05, 0.1) is 6.92 Å². The van der Waals surface area contributed by atoms with Crippen LogP contribution < -0.4 is 0 Å². The van der Waals surface area contributed by atoms with Crippen LogP contribution in [0.1, 0.15) is 20.8 Å². The predicted molar refractivity (Wildman–Crippen MR) is 48.6 cm³/mol. The van der Waals surface area contributed by atoms with Gasteiger partial charge in [-0.3, -0.25) is 4.79 Å². The highest BCUT2D eigenvalue weighted by atomic mass is 28.4. The van der Waals surface area contributed by atoms with Crippen LogP contribution in [0, 0.1) is 6.92 Å². The van der Waals surface area contributed by atoms with E-state index in [1.807, 2.05) is 13.1 Å². The standard InChI is InChI=1S/C8H17O2Si/c1-7(9)10-11(5,6)8(2,3)4/h1H2,2-6H3. The molecule has 0 aliphatic rings. The second-order valence-electron chi connectivity index (χ2n) is 4.23. The Bertz CT molecular complexity index is 156. The molecule has 0 saturated heterocycles. The number of carbonyl (C=O) groups is 1. The van der Waals surface area contributed by atoms with Gasteiger partial charge in [-0.25, -0.2) is 0 Å². The van der Waals surface area contributed by atoms with Crippen LogP contribution in [0.3, 0.4) is 0 Å². The second-order valence-corrected chi connectivity index (χ2v) is 8.96. The van der Waals surface area contributed by atoms with Crippen molar-refractivity contribution < 1.29 is 9.22 Å². The molecule has 65 valence electrons. The van der Waals surface area contributed by atoms with E-state index in [1.54, 1.807) is 0 Å². The molecule has 2 nitrogen and oxygen atoms in total. The molecule has 0 amide bonds. The van der Waals surface area contributed by atoms with E-state index in [0.717, 1.165) is 0 Å². The molecule has 1 radical (unpaired) electrons. The Labute approximate surface area is 70.1 Å². The Morgan fingerprint density at radius 2 is 1.73 bits per heavy atom. The summed E-state index contributed by atoms with van der Waals surface area (Å²) in [6, 6.07) is 0. The first-order valence-corrected chi connectivity index (χ1v) is 6.62. The molecule has 0 bridgehead atoms. The maximum Gasteiger partial charge on any atom is 0.293 e. The van der Waals surface area contributed by atoms with Crippen molar-refractivity contribution in [1.29, 1.82) is 0 Å². The molecule has 0 aromatic heterocycles. The van der Waals surface area contributed by atoms with E-state index in [2.05, 4.69) is 27.7 Å². The summed E-state index contributed by atoms with van der Waals surface area (Å²) >= 11 is 0. The minimum absolute atomic E-state index is 0.0837. The molecule has 0 fully saturated rings. The molecule has 0 atom stereocenters. The molecule has 0 heterocycles. The van der Waals surface area contributed by atoms with Crippen LogP contribution in [-0.2, 0) is 9.22 Å². The van der Waals surface area contributed by atoms with Gasteiger partial charge in [-0.1, -0.05) is 20.8 Å². The van der Waals surface area contributed by atoms with Gasteiger partial charge in [0.15, 0.2) is 0 Å². The highest BCUT2D eigenvalue weighted by Crippen LogP contribution is 2.36. The van der Waals surface area contributed by atoms with Gasteiger partial charge in [0.25, 0.3) is 14.3 Å². The normalized spacial score (nSPS) is 12.9. The van der Waals surface area contributed by atoms with E-state index in [1.165, 1.54) is 0 Å². The van der Waals surface area contributed by atoms with Crippen LogP contribution in [0.2, 0.25) is 18.1 Å². The van der Waals surface area contributed by atoms with Crippen molar-refractivity contribution >= 4 is 14.3 Å². The summed E-state index contributed by atoms with van der Waals surface area (Å²) in [7, 11) is -1.88. The molecule has 11 heavy (non-hydrogen) atoms. The highest BCUT2D eigenvalue weighted by Gasteiger charge is 2.39. The fraction of sp³-hybridized carbons (Fsp3) is 0.750. The van der Waals surface area contributed by atoms with Gasteiger partial charge in [-0.05, 0) is 18.1 Å². The van der Waals surface area contributed by atoms with Crippen molar-refractivity contribution in [2.75, 3.05) is 0 Å². The maximum absolute atomic E-state index is 10.6. The van der Waals surface area contributed by atoms with Crippen molar-refractivity contribution in [2.45, 2.75) is 38.9 Å². The topological polar surface area (TPSA) is 26.3 Å². The van der Waals surface area contributed by atoms with Gasteiger partial charge in [0, 0.05) is 0 Å². The average Bonchev–Trinajstić information content (AvgIpc) is 1.56. The Kier molecular flexibility index (Phi) is 2.89. The summed E-state index contributed by atoms with van der Waals surface area (Å²) in [5, 5.41) is 0.0837. The molecule has 0 N–H and O–H groups in total. The molecule has 0 aromatic carbocycles. The fourth-order valence-electron chi connectivity index (χ4n) is 0.438. The summed E-state index contributed by atoms with van der Waals surface area (Å²) in [4.78, 5) is 10.6. The Balaban J connectivity index is 4.34. The Morgan fingerprint density at radius 1 is 1.36 bits per heavy atom. The molecular formula is C8H17O2Si. The molecule has 0 rings (SSSR count). The highest BCUT2D eigenvalue weighted by molar-refractivity contribution is 6.75. The summed E-state index contributed by atoms with van der Waals surface area (Å²) in [6.07, 6.45) is 0. The smallest absolute Gasteiger partial charge is 0.293 e. The van der Waals surface area contributed by atoms with Crippen LogP contribution in [0.15, 0.2) is 0 Å². The molecule has 0 saturated carbocycles. The maximum atomic E-state index is 10.6. The predicted octanol–water partition coefficient (Wildman–Crippen LogP) is 2.37. The third-order valence-corrected chi connectivity index (χ3v) is 6.53. The largest absolute Gasteiger partial charge is 0.519 e. The molecular weight excluding hydrogens is 156 g/mol. The molecule has 0 unspecified atom stereocenters. The van der Waals surface area contributed by atoms with Crippen LogP contribution in [0.25, 0.3) is 0 Å². The van der Waals surface area contributed by atoms with Crippen LogP contribution >= 0.6 is 0 Å². The third-order valence-electron chi connectivity index (χ3n) is 2.18. The SMILES string of the molecule is [CH2]C(=O)O[Si](C)(C)C(C)(C)C. The zero-order valence-corrected chi connectivity index (χ0v) is 9.02. The zero-order chi connectivity index (χ0) is 9.28. The van der Waals surface area contributed by atoms with E-state index < -0.39 is 14.3 Å². The number of rotatable bonds is 1. The first kappa shape index (κ1) is 10.7. The lowest BCUT2D eigenvalue weighted by atomic mass is 10.2. The number of carbonyl (C=O) groups excluding carboxylic acids is 1. The molecule has 0 aliphatic carbocycles. The van der Waals surface area contributed by atoms with Crippen LogP contribution in [0.4, 0.5) is 0 Å². The van der Waals surface area contributed by atoms with Crippen LogP contribution in [0.5, 0.6) is 0 Å². The van der Waals surface area contributed by atoms with Gasteiger partial charge in [-0.2, -0.15) is 0 Å². The van der Waals surface area contributed by atoms with E-state index in [4.69, 9.17) is 4.43 Å². The molecule has 0 aliphatic heterocycles. The van der Waals surface area contributed by atoms with Crippen molar-refractivity contribution in [2.24, 2.45) is 0 Å². The Hall–Kier alpha value is -0.313. The van der Waals surface area contributed by atoms with Crippen molar-refractivity contribution in [3.63, 3.8) is 0 Å². The van der Waals surface area contributed by atoms with Crippen LogP contribution in [-0.4, -0.2) is 14.3 Å². The molecule has 0 spiro atoms. The summed E-state index contributed by atoms with van der Waals surface area (Å²) < 4.78 is 5.19. The average molecular weight is 173 g/mol. The number of hydrogen-bond donors (Lipinski definition) is 0. The Morgan fingerprint density at radius 3 is 1.82 bits per heavy atom. The van der Waals surface area contributed by atoms with E-state index in [9.17, 15) is 4.79 Å². The minimum Gasteiger partial charge on any atom is -0.519 e. The van der Waals surface area contributed by atoms with Crippen molar-refractivity contribution in [1.82, 2.24) is 0 Å². The quantitative estimate of drug-likeness (QED) is 0.569. The van der Waals surface area contributed by atoms with E-state index in [0.29, 0.717) is 0 Å². The zero-order valence-electron chi connectivity index (χ0n) is 8.02. The lowest BCUT2D eigenvalue weighted by Gasteiger charge is -2.34. The third kappa shape index (κ3) is 3.06. The van der Waals surface area contributed by atoms with Gasteiger partial charge >= 0.3 is 0 Å². The minimum atomic E-state index is -1.88. The molecule has 0 aromatic rings. The first-order chi connectivity index (χ1) is 4.67. The van der Waals surface area contributed by atoms with Gasteiger partial charge in [-0.15, -0.1) is 0 Å². The second kappa shape index (κ2) is 2.97. The lowest BCUT2D eigenvalue weighted by molar-refractivity contribution is -0.130. The summed E-state index contributed by atoms with van der Waals surface area (Å²) in [5.41, 5.74) is 0. The van der Waals surface area contributed by atoms with Crippen molar-refractivity contribution in [3.05, 3.63) is 6.92 Å². The summed E-state index contributed by atoms with van der Waals surface area (Å²) in [5.74, 6) is -0.406. The summed E-state index contributed by atoms with van der Waals surface area (Å²) in [6.45, 7) is 13.5. The lowest BCUT2D eigenvalue weighted by Crippen LogP contribution is -2.42.